The molecule has 6 atom stereocenters. The molecule has 0 aromatic rings. The summed E-state index contributed by atoms with van der Waals surface area (Å²) in [6.45, 7) is 9.69. The van der Waals surface area contributed by atoms with Crippen molar-refractivity contribution in [2.24, 2.45) is 11.8 Å². The number of carbonyl (C=O) groups excluding carboxylic acids is 4. The second-order valence-electron chi connectivity index (χ2n) is 29.5. The summed E-state index contributed by atoms with van der Waals surface area (Å²) in [4.78, 5) is 72.9. The van der Waals surface area contributed by atoms with Crippen molar-refractivity contribution in [3.63, 3.8) is 0 Å². The van der Waals surface area contributed by atoms with Gasteiger partial charge in [-0.3, -0.25) is 37.3 Å². The van der Waals surface area contributed by atoms with Crippen LogP contribution in [-0.4, -0.2) is 96.7 Å². The fourth-order valence-corrected chi connectivity index (χ4v) is 13.9. The topological polar surface area (TPSA) is 237 Å². The van der Waals surface area contributed by atoms with E-state index in [0.717, 1.165) is 102 Å². The lowest BCUT2D eigenvalue weighted by Gasteiger charge is -2.21. The molecule has 0 fully saturated rings. The molecule has 0 amide bonds. The van der Waals surface area contributed by atoms with Gasteiger partial charge >= 0.3 is 39.5 Å². The predicted octanol–water partition coefficient (Wildman–Crippen LogP) is 23.9. The molecular formula is C80H156O17P2. The van der Waals surface area contributed by atoms with Crippen molar-refractivity contribution in [1.29, 1.82) is 0 Å². The summed E-state index contributed by atoms with van der Waals surface area (Å²) >= 11 is 0. The van der Waals surface area contributed by atoms with E-state index in [4.69, 9.17) is 37.0 Å². The Hall–Kier alpha value is -1.94. The minimum absolute atomic E-state index is 0.108. The van der Waals surface area contributed by atoms with Crippen LogP contribution in [0.5, 0.6) is 0 Å². The molecule has 588 valence electrons. The average molecular weight is 1450 g/mol. The normalized spacial score (nSPS) is 14.2. The van der Waals surface area contributed by atoms with E-state index in [0.29, 0.717) is 25.7 Å². The molecule has 0 aliphatic carbocycles. The maximum Gasteiger partial charge on any atom is 0.472 e. The third-order valence-corrected chi connectivity index (χ3v) is 21.0. The van der Waals surface area contributed by atoms with Crippen molar-refractivity contribution in [3.05, 3.63) is 0 Å². The van der Waals surface area contributed by atoms with Crippen LogP contribution in [-0.2, 0) is 65.4 Å². The van der Waals surface area contributed by atoms with Crippen molar-refractivity contribution in [2.45, 2.75) is 439 Å². The van der Waals surface area contributed by atoms with Crippen molar-refractivity contribution in [3.8, 4) is 0 Å². The first-order valence-corrected chi connectivity index (χ1v) is 44.5. The quantitative estimate of drug-likeness (QED) is 0.0222. The maximum absolute atomic E-state index is 13.1. The Morgan fingerprint density at radius 1 is 0.293 bits per heavy atom. The van der Waals surface area contributed by atoms with Crippen LogP contribution >= 0.6 is 15.6 Å². The van der Waals surface area contributed by atoms with E-state index in [1.54, 1.807) is 0 Å². The molecule has 0 bridgehead atoms. The zero-order chi connectivity index (χ0) is 72.8. The summed E-state index contributed by atoms with van der Waals surface area (Å²) in [6, 6.07) is 0. The summed E-state index contributed by atoms with van der Waals surface area (Å²) in [5.74, 6) is -0.457. The molecule has 0 saturated carbocycles. The number of phosphoric ester groups is 2. The highest BCUT2D eigenvalue weighted by Gasteiger charge is 2.30. The molecule has 0 aliphatic rings. The van der Waals surface area contributed by atoms with Gasteiger partial charge in [0.2, 0.25) is 0 Å². The molecule has 3 unspecified atom stereocenters. The first-order valence-electron chi connectivity index (χ1n) is 41.5. The molecule has 17 nitrogen and oxygen atoms in total. The van der Waals surface area contributed by atoms with E-state index in [9.17, 15) is 43.2 Å². The number of esters is 4. The van der Waals surface area contributed by atoms with Crippen LogP contribution < -0.4 is 0 Å². The van der Waals surface area contributed by atoms with Gasteiger partial charge in [0.15, 0.2) is 12.2 Å². The van der Waals surface area contributed by atoms with E-state index in [1.807, 2.05) is 0 Å². The summed E-state index contributed by atoms with van der Waals surface area (Å²) < 4.78 is 68.6. The Morgan fingerprint density at radius 3 is 0.768 bits per heavy atom. The zero-order valence-electron chi connectivity index (χ0n) is 64.8. The minimum atomic E-state index is -4.96. The van der Waals surface area contributed by atoms with E-state index < -0.39 is 97.5 Å². The summed E-state index contributed by atoms with van der Waals surface area (Å²) in [5, 5.41) is 10.6. The molecular weight excluding hydrogens is 1290 g/mol. The number of aliphatic hydroxyl groups excluding tert-OH is 1. The molecule has 3 N–H and O–H groups in total. The lowest BCUT2D eigenvalue weighted by atomic mass is 9.99. The van der Waals surface area contributed by atoms with Crippen molar-refractivity contribution >= 4 is 39.5 Å². The average Bonchev–Trinajstić information content (AvgIpc) is 1.17. The van der Waals surface area contributed by atoms with Gasteiger partial charge in [0.05, 0.1) is 26.4 Å². The van der Waals surface area contributed by atoms with Crippen LogP contribution in [0.15, 0.2) is 0 Å². The van der Waals surface area contributed by atoms with Crippen LogP contribution in [0.25, 0.3) is 0 Å². The molecule has 19 heteroatoms. The Morgan fingerprint density at radius 2 is 0.515 bits per heavy atom. The number of carbonyl (C=O) groups is 4. The fourth-order valence-electron chi connectivity index (χ4n) is 12.3. The number of aliphatic hydroxyl groups is 1. The summed E-state index contributed by atoms with van der Waals surface area (Å²) in [5.41, 5.74) is 0. The van der Waals surface area contributed by atoms with E-state index in [-0.39, 0.29) is 25.7 Å². The van der Waals surface area contributed by atoms with Gasteiger partial charge in [-0.2, -0.15) is 0 Å². The molecule has 0 aliphatic heterocycles. The first kappa shape index (κ1) is 97.1. The zero-order valence-corrected chi connectivity index (χ0v) is 66.6. The molecule has 0 aromatic heterocycles. The van der Waals surface area contributed by atoms with Crippen LogP contribution in [0.4, 0.5) is 0 Å². The standard InChI is InChI=1S/C80H156O17P2/c1-7-10-12-14-16-18-19-26-34-40-46-52-58-64-79(84)96-75(68-90-77(82)62-56-50-44-36-17-15-13-11-8-2)70-94-98(86,87)92-66-74(81)67-93-99(88,89)95-71-76(69-91-78(83)63-57-51-45-39-33-30-29-31-37-42-48-54-60-72(4)5)97-80(85)65-59-53-47-41-35-28-25-23-21-20-22-24-27-32-38-43-49-55-61-73(6)9-3/h72-76,81H,7-71H2,1-6H3,(H,86,87)(H,88,89)/t73?,74-,75+,76+/m0/s1. The number of hydrogen-bond donors (Lipinski definition) is 3. The van der Waals surface area contributed by atoms with Crippen molar-refractivity contribution in [1.82, 2.24) is 0 Å². The molecule has 0 radical (unpaired) electrons. The predicted molar refractivity (Wildman–Crippen MR) is 405 cm³/mol. The SMILES string of the molecule is CCCCCCCCCCCCCCCC(=O)O[C@H](COC(=O)CCCCCCCCCCC)COP(=O)(O)OC[C@H](O)COP(=O)(O)OC[C@@H](COC(=O)CCCCCCCCCCCCCCC(C)C)OC(=O)CCCCCCCCCCCCCCCCCCCCC(C)CC. The fraction of sp³-hybridized carbons (Fsp3) is 0.950. The van der Waals surface area contributed by atoms with Crippen molar-refractivity contribution in [2.75, 3.05) is 39.6 Å². The monoisotopic (exact) mass is 1450 g/mol. The molecule has 0 heterocycles. The molecule has 0 saturated heterocycles. The van der Waals surface area contributed by atoms with E-state index in [1.165, 1.54) is 238 Å². The lowest BCUT2D eigenvalue weighted by molar-refractivity contribution is -0.161. The van der Waals surface area contributed by atoms with Gasteiger partial charge in [-0.25, -0.2) is 9.13 Å². The molecule has 0 rings (SSSR count). The minimum Gasteiger partial charge on any atom is -0.462 e. The maximum atomic E-state index is 13.1. The number of unbranched alkanes of at least 4 members (excludes halogenated alkanes) is 48. The number of rotatable bonds is 79. The van der Waals surface area contributed by atoms with Gasteiger partial charge in [-0.15, -0.1) is 0 Å². The second kappa shape index (κ2) is 71.7. The second-order valence-corrected chi connectivity index (χ2v) is 32.4. The number of hydrogen-bond acceptors (Lipinski definition) is 15. The third kappa shape index (κ3) is 72.8. The third-order valence-electron chi connectivity index (χ3n) is 19.1. The molecule has 0 aromatic carbocycles. The van der Waals surface area contributed by atoms with Crippen LogP contribution in [0.1, 0.15) is 420 Å². The van der Waals surface area contributed by atoms with Gasteiger partial charge in [0.1, 0.15) is 19.3 Å². The highest BCUT2D eigenvalue weighted by molar-refractivity contribution is 7.47. The highest BCUT2D eigenvalue weighted by atomic mass is 31.2. The Balaban J connectivity index is 5.19. The summed E-state index contributed by atoms with van der Waals surface area (Å²) in [7, 11) is -9.91. The van der Waals surface area contributed by atoms with Gasteiger partial charge in [-0.1, -0.05) is 369 Å². The summed E-state index contributed by atoms with van der Waals surface area (Å²) in [6.07, 6.45) is 61.0. The van der Waals surface area contributed by atoms with Crippen molar-refractivity contribution < 1.29 is 80.2 Å². The Labute approximate surface area is 607 Å². The molecule has 0 spiro atoms. The van der Waals surface area contributed by atoms with Gasteiger partial charge in [-0.05, 0) is 37.5 Å². The Kier molecular flexibility index (Phi) is 70.3. The van der Waals surface area contributed by atoms with Crippen LogP contribution in [0.2, 0.25) is 0 Å². The smallest absolute Gasteiger partial charge is 0.462 e. The largest absolute Gasteiger partial charge is 0.472 e. The molecule has 99 heavy (non-hydrogen) atoms. The van der Waals surface area contributed by atoms with Gasteiger partial charge in [0.25, 0.3) is 0 Å². The Bertz CT molecular complexity index is 1910. The number of phosphoric acid groups is 2. The van der Waals surface area contributed by atoms with Gasteiger partial charge < -0.3 is 33.8 Å². The first-order chi connectivity index (χ1) is 47.9. The lowest BCUT2D eigenvalue weighted by Crippen LogP contribution is -2.30. The van der Waals surface area contributed by atoms with Gasteiger partial charge in [0, 0.05) is 25.7 Å². The highest BCUT2D eigenvalue weighted by Crippen LogP contribution is 2.45. The van der Waals surface area contributed by atoms with Crippen LogP contribution in [0, 0.1) is 11.8 Å². The number of ether oxygens (including phenoxy) is 4. The van der Waals surface area contributed by atoms with Crippen LogP contribution in [0.3, 0.4) is 0 Å². The van der Waals surface area contributed by atoms with E-state index in [2.05, 4.69) is 41.5 Å². The van der Waals surface area contributed by atoms with E-state index >= 15 is 0 Å².